The molecule has 0 bridgehead atoms. The topological polar surface area (TPSA) is 84.9 Å². The highest BCUT2D eigenvalue weighted by molar-refractivity contribution is 6.39. The number of halogens is 1. The van der Waals surface area contributed by atoms with Gasteiger partial charge >= 0.3 is 6.03 Å². The Morgan fingerprint density at radius 3 is 2.23 bits per heavy atom. The molecule has 1 saturated heterocycles. The molecule has 8 heteroatoms. The van der Waals surface area contributed by atoms with Gasteiger partial charge in [-0.1, -0.05) is 78.9 Å². The van der Waals surface area contributed by atoms with Gasteiger partial charge in [-0.15, -0.1) is 0 Å². The summed E-state index contributed by atoms with van der Waals surface area (Å²) in [6, 6.07) is 32.5. The molecule has 1 fully saturated rings. The molecule has 0 radical (unpaired) electrons. The van der Waals surface area contributed by atoms with Gasteiger partial charge in [0.2, 0.25) is 0 Å². The molecule has 0 aromatic heterocycles. The monoisotopic (exact) mass is 572 g/mol. The van der Waals surface area contributed by atoms with Gasteiger partial charge in [-0.05, 0) is 58.8 Å². The number of hydrogen-bond acceptors (Lipinski definition) is 5. The maximum absolute atomic E-state index is 14.3. The van der Waals surface area contributed by atoms with Crippen LogP contribution in [0.4, 0.5) is 14.9 Å². The lowest BCUT2D eigenvalue weighted by Gasteiger charge is -2.26. The van der Waals surface area contributed by atoms with E-state index in [2.05, 4.69) is 5.32 Å². The molecule has 0 atom stereocenters. The third kappa shape index (κ3) is 5.85. The van der Waals surface area contributed by atoms with E-state index in [0.29, 0.717) is 34.6 Å². The van der Waals surface area contributed by atoms with E-state index in [9.17, 15) is 18.8 Å². The number of fused-ring (bicyclic) bond motifs is 1. The lowest BCUT2D eigenvalue weighted by molar-refractivity contribution is -0.122. The van der Waals surface area contributed by atoms with Gasteiger partial charge in [0.1, 0.15) is 36.1 Å². The highest BCUT2D eigenvalue weighted by Crippen LogP contribution is 2.33. The summed E-state index contributed by atoms with van der Waals surface area (Å²) < 4.78 is 26.1. The first-order chi connectivity index (χ1) is 21.0. The Balaban J connectivity index is 1.31. The van der Waals surface area contributed by atoms with E-state index in [1.807, 2.05) is 60.7 Å². The van der Waals surface area contributed by atoms with Crippen LogP contribution in [-0.4, -0.2) is 17.8 Å². The summed E-state index contributed by atoms with van der Waals surface area (Å²) >= 11 is 0. The summed E-state index contributed by atoms with van der Waals surface area (Å²) in [5, 5.41) is 3.82. The number of nitrogens with zero attached hydrogens (tertiary/aromatic N) is 1. The van der Waals surface area contributed by atoms with E-state index < -0.39 is 23.7 Å². The number of rotatable bonds is 8. The van der Waals surface area contributed by atoms with Crippen molar-refractivity contribution in [3.63, 3.8) is 0 Å². The molecule has 0 unspecified atom stereocenters. The molecular formula is C35H25FN2O5. The van der Waals surface area contributed by atoms with Crippen molar-refractivity contribution in [3.8, 4) is 11.5 Å². The van der Waals surface area contributed by atoms with Crippen LogP contribution in [0.3, 0.4) is 0 Å². The maximum atomic E-state index is 14.3. The Morgan fingerprint density at radius 1 is 0.721 bits per heavy atom. The fourth-order valence-electron chi connectivity index (χ4n) is 4.79. The smallest absolute Gasteiger partial charge is 0.335 e. The molecule has 4 amide bonds. The van der Waals surface area contributed by atoms with Gasteiger partial charge in [0.15, 0.2) is 0 Å². The standard InChI is InChI=1S/C35H25FN2O5/c36-31-13-7-5-11-25(31)22-43-32-19-14-24-10-4-6-12-28(24)29(32)20-30-33(39)37-35(41)38(34(30)40)26-15-17-27(18-16-26)42-21-23-8-2-1-3-9-23/h1-20H,21-22H2,(H,37,39,41)/b30-20+. The van der Waals surface area contributed by atoms with Gasteiger partial charge < -0.3 is 9.47 Å². The summed E-state index contributed by atoms with van der Waals surface area (Å²) in [6.45, 7) is 0.293. The zero-order chi connectivity index (χ0) is 29.8. The van der Waals surface area contributed by atoms with E-state index in [0.717, 1.165) is 15.8 Å². The van der Waals surface area contributed by atoms with Gasteiger partial charge in [0, 0.05) is 11.1 Å². The Bertz CT molecular complexity index is 1870. The molecule has 5 aromatic rings. The minimum Gasteiger partial charge on any atom is -0.489 e. The average Bonchev–Trinajstić information content (AvgIpc) is 3.03. The molecule has 0 saturated carbocycles. The molecule has 1 aliphatic heterocycles. The van der Waals surface area contributed by atoms with Gasteiger partial charge in [-0.25, -0.2) is 14.1 Å². The maximum Gasteiger partial charge on any atom is 0.335 e. The first kappa shape index (κ1) is 27.4. The van der Waals surface area contributed by atoms with Crippen molar-refractivity contribution in [2.75, 3.05) is 4.90 Å². The molecule has 6 rings (SSSR count). The van der Waals surface area contributed by atoms with Crippen LogP contribution in [-0.2, 0) is 22.8 Å². The SMILES string of the molecule is O=C1NC(=O)N(c2ccc(OCc3ccccc3)cc2)C(=O)/C1=C/c1c(OCc2ccccc2F)ccc2ccccc12. The molecule has 1 heterocycles. The number of anilines is 1. The van der Waals surface area contributed by atoms with Crippen molar-refractivity contribution in [2.45, 2.75) is 13.2 Å². The van der Waals surface area contributed by atoms with E-state index in [-0.39, 0.29) is 17.9 Å². The first-order valence-corrected chi connectivity index (χ1v) is 13.5. The van der Waals surface area contributed by atoms with Crippen LogP contribution in [0.5, 0.6) is 11.5 Å². The largest absolute Gasteiger partial charge is 0.489 e. The number of imide groups is 2. The van der Waals surface area contributed by atoms with E-state index in [1.54, 1.807) is 48.5 Å². The van der Waals surface area contributed by atoms with Crippen molar-refractivity contribution in [1.29, 1.82) is 0 Å². The normalized spacial score (nSPS) is 14.2. The van der Waals surface area contributed by atoms with Crippen molar-refractivity contribution in [2.24, 2.45) is 0 Å². The van der Waals surface area contributed by atoms with Crippen molar-refractivity contribution >= 4 is 40.4 Å². The van der Waals surface area contributed by atoms with E-state index in [1.165, 1.54) is 12.1 Å². The van der Waals surface area contributed by atoms with Gasteiger partial charge in [-0.2, -0.15) is 0 Å². The molecule has 0 spiro atoms. The van der Waals surface area contributed by atoms with E-state index >= 15 is 0 Å². The molecular weight excluding hydrogens is 547 g/mol. The third-order valence-electron chi connectivity index (χ3n) is 7.01. The molecule has 43 heavy (non-hydrogen) atoms. The highest BCUT2D eigenvalue weighted by Gasteiger charge is 2.37. The summed E-state index contributed by atoms with van der Waals surface area (Å²) in [5.74, 6) is -1.13. The Kier molecular flexibility index (Phi) is 7.65. The number of urea groups is 1. The van der Waals surface area contributed by atoms with Crippen LogP contribution in [0.15, 0.2) is 121 Å². The lowest BCUT2D eigenvalue weighted by Crippen LogP contribution is -2.54. The molecule has 7 nitrogen and oxygen atoms in total. The Hall–Kier alpha value is -5.76. The fourth-order valence-corrected chi connectivity index (χ4v) is 4.79. The lowest BCUT2D eigenvalue weighted by atomic mass is 9.99. The number of ether oxygens (including phenoxy) is 2. The summed E-state index contributed by atoms with van der Waals surface area (Å²) in [4.78, 5) is 40.4. The van der Waals surface area contributed by atoms with E-state index in [4.69, 9.17) is 9.47 Å². The van der Waals surface area contributed by atoms with Crippen LogP contribution in [0.1, 0.15) is 16.7 Å². The summed E-state index contributed by atoms with van der Waals surface area (Å²) in [7, 11) is 0. The number of barbiturate groups is 1. The number of nitrogens with one attached hydrogen (secondary N) is 1. The zero-order valence-corrected chi connectivity index (χ0v) is 22.8. The number of benzene rings is 5. The quantitative estimate of drug-likeness (QED) is 0.163. The number of carbonyl (C=O) groups is 3. The second kappa shape index (κ2) is 12.0. The van der Waals surface area contributed by atoms with Crippen LogP contribution in [0.2, 0.25) is 0 Å². The molecule has 1 N–H and O–H groups in total. The Labute approximate surface area is 246 Å². The predicted molar refractivity (Wildman–Crippen MR) is 161 cm³/mol. The number of carbonyl (C=O) groups excluding carboxylic acids is 3. The van der Waals surface area contributed by atoms with Crippen LogP contribution < -0.4 is 19.7 Å². The Morgan fingerprint density at radius 2 is 1.44 bits per heavy atom. The van der Waals surface area contributed by atoms with Crippen LogP contribution >= 0.6 is 0 Å². The van der Waals surface area contributed by atoms with Crippen molar-refractivity contribution in [1.82, 2.24) is 5.32 Å². The van der Waals surface area contributed by atoms with Gasteiger partial charge in [0.05, 0.1) is 5.69 Å². The fraction of sp³-hybridized carbons (Fsp3) is 0.0571. The second-order valence-electron chi connectivity index (χ2n) is 9.80. The molecule has 5 aromatic carbocycles. The minimum absolute atomic E-state index is 0.0648. The second-order valence-corrected chi connectivity index (χ2v) is 9.80. The minimum atomic E-state index is -0.862. The van der Waals surface area contributed by atoms with Gasteiger partial charge in [-0.3, -0.25) is 14.9 Å². The molecule has 0 aliphatic carbocycles. The predicted octanol–water partition coefficient (Wildman–Crippen LogP) is 6.80. The zero-order valence-electron chi connectivity index (χ0n) is 22.8. The third-order valence-corrected chi connectivity index (χ3v) is 7.01. The summed E-state index contributed by atoms with van der Waals surface area (Å²) in [5.41, 5.74) is 1.81. The highest BCUT2D eigenvalue weighted by atomic mass is 19.1. The average molecular weight is 573 g/mol. The van der Waals surface area contributed by atoms with Gasteiger partial charge in [0.25, 0.3) is 11.8 Å². The van der Waals surface area contributed by atoms with Crippen LogP contribution in [0.25, 0.3) is 16.8 Å². The summed E-state index contributed by atoms with van der Waals surface area (Å²) in [6.07, 6.45) is 1.41. The number of amides is 4. The molecule has 1 aliphatic rings. The molecule has 212 valence electrons. The number of hydrogen-bond donors (Lipinski definition) is 1. The first-order valence-electron chi connectivity index (χ1n) is 13.5. The van der Waals surface area contributed by atoms with Crippen molar-refractivity contribution < 1.29 is 28.2 Å². The van der Waals surface area contributed by atoms with Crippen molar-refractivity contribution in [3.05, 3.63) is 143 Å². The van der Waals surface area contributed by atoms with Crippen LogP contribution in [0, 0.1) is 5.82 Å².